The maximum Gasteiger partial charge on any atom is 0.305 e. The molecule has 0 radical (unpaired) electrons. The lowest BCUT2D eigenvalue weighted by atomic mass is 10.0. The van der Waals surface area contributed by atoms with Crippen LogP contribution in [0.5, 0.6) is 0 Å². The zero-order valence-corrected chi connectivity index (χ0v) is 49.1. The number of carbonyl (C=O) groups excluding carboxylic acids is 2. The van der Waals surface area contributed by atoms with E-state index in [9.17, 15) is 19.8 Å². The van der Waals surface area contributed by atoms with E-state index < -0.39 is 12.1 Å². The third-order valence-electron chi connectivity index (χ3n) is 15.1. The molecular formula is C67H127NO5. The van der Waals surface area contributed by atoms with Gasteiger partial charge in [-0.2, -0.15) is 0 Å². The van der Waals surface area contributed by atoms with Crippen molar-refractivity contribution < 1.29 is 24.5 Å². The fourth-order valence-electron chi connectivity index (χ4n) is 10.1. The lowest BCUT2D eigenvalue weighted by Gasteiger charge is -2.20. The highest BCUT2D eigenvalue weighted by molar-refractivity contribution is 5.76. The van der Waals surface area contributed by atoms with Crippen molar-refractivity contribution in [3.05, 3.63) is 36.5 Å². The molecule has 1 amide bonds. The van der Waals surface area contributed by atoms with Gasteiger partial charge in [-0.3, -0.25) is 9.59 Å². The van der Waals surface area contributed by atoms with Crippen LogP contribution in [-0.4, -0.2) is 47.4 Å². The highest BCUT2D eigenvalue weighted by Gasteiger charge is 2.18. The summed E-state index contributed by atoms with van der Waals surface area (Å²) in [5.74, 6) is -0.0677. The molecule has 0 aromatic rings. The number of aliphatic hydroxyl groups excluding tert-OH is 2. The number of allylic oxidation sites excluding steroid dienone is 5. The van der Waals surface area contributed by atoms with Crippen molar-refractivity contribution in [2.24, 2.45) is 0 Å². The number of aliphatic hydroxyl groups is 2. The molecule has 0 aromatic carbocycles. The van der Waals surface area contributed by atoms with Gasteiger partial charge in [0.15, 0.2) is 0 Å². The molecule has 430 valence electrons. The van der Waals surface area contributed by atoms with Crippen molar-refractivity contribution in [3.63, 3.8) is 0 Å². The molecule has 3 N–H and O–H groups in total. The SMILES string of the molecule is CCC/C=C\C/C=C\CCCCCCCC(=O)OCCCCCCCCCCCCCCCCCCCCCCCCC(=O)NC(CO)C(O)/C=C/CCCCCCCCCCCCCCCCCCCCC. The van der Waals surface area contributed by atoms with Crippen LogP contribution in [0, 0.1) is 0 Å². The van der Waals surface area contributed by atoms with Gasteiger partial charge in [-0.05, 0) is 57.8 Å². The fraction of sp³-hybridized carbons (Fsp3) is 0.881. The third kappa shape index (κ3) is 59.2. The van der Waals surface area contributed by atoms with E-state index in [-0.39, 0.29) is 18.5 Å². The second-order valence-corrected chi connectivity index (χ2v) is 22.5. The minimum Gasteiger partial charge on any atom is -0.466 e. The molecule has 0 aromatic heterocycles. The quantitative estimate of drug-likeness (QED) is 0.0320. The Morgan fingerprint density at radius 3 is 1.10 bits per heavy atom. The molecule has 6 nitrogen and oxygen atoms in total. The summed E-state index contributed by atoms with van der Waals surface area (Å²) in [6.45, 7) is 4.86. The molecule has 6 heteroatoms. The highest BCUT2D eigenvalue weighted by atomic mass is 16.5. The third-order valence-corrected chi connectivity index (χ3v) is 15.1. The molecule has 73 heavy (non-hydrogen) atoms. The van der Waals surface area contributed by atoms with Gasteiger partial charge in [-0.15, -0.1) is 0 Å². The number of carbonyl (C=O) groups is 2. The molecule has 0 saturated carbocycles. The van der Waals surface area contributed by atoms with E-state index in [1.807, 2.05) is 6.08 Å². The first kappa shape index (κ1) is 71.1. The summed E-state index contributed by atoms with van der Waals surface area (Å²) < 4.78 is 5.47. The molecule has 0 spiro atoms. The average Bonchev–Trinajstić information content (AvgIpc) is 3.39. The second-order valence-electron chi connectivity index (χ2n) is 22.5. The minimum atomic E-state index is -0.846. The summed E-state index contributed by atoms with van der Waals surface area (Å²) in [6, 6.07) is -0.629. The van der Waals surface area contributed by atoms with Crippen molar-refractivity contribution in [2.75, 3.05) is 13.2 Å². The van der Waals surface area contributed by atoms with E-state index in [1.54, 1.807) is 6.08 Å². The summed E-state index contributed by atoms with van der Waals surface area (Å²) >= 11 is 0. The number of esters is 1. The van der Waals surface area contributed by atoms with Gasteiger partial charge in [0.05, 0.1) is 25.4 Å². The Morgan fingerprint density at radius 2 is 0.712 bits per heavy atom. The van der Waals surface area contributed by atoms with Crippen LogP contribution in [0.15, 0.2) is 36.5 Å². The molecule has 2 unspecified atom stereocenters. The van der Waals surface area contributed by atoms with E-state index in [4.69, 9.17) is 4.74 Å². The minimum absolute atomic E-state index is 0.00240. The number of ether oxygens (including phenoxy) is 1. The second kappa shape index (κ2) is 62.6. The molecule has 0 aliphatic heterocycles. The van der Waals surface area contributed by atoms with Gasteiger partial charge in [-0.1, -0.05) is 320 Å². The molecule has 0 bridgehead atoms. The Hall–Kier alpha value is -1.92. The Labute approximate surface area is 455 Å². The van der Waals surface area contributed by atoms with Gasteiger partial charge in [0.2, 0.25) is 5.91 Å². The largest absolute Gasteiger partial charge is 0.466 e. The highest BCUT2D eigenvalue weighted by Crippen LogP contribution is 2.18. The number of hydrogen-bond donors (Lipinski definition) is 3. The van der Waals surface area contributed by atoms with Crippen molar-refractivity contribution in [1.82, 2.24) is 5.32 Å². The number of hydrogen-bond acceptors (Lipinski definition) is 5. The Kier molecular flexibility index (Phi) is 61.0. The van der Waals surface area contributed by atoms with Crippen LogP contribution in [0.2, 0.25) is 0 Å². The van der Waals surface area contributed by atoms with Crippen molar-refractivity contribution in [2.45, 2.75) is 366 Å². The van der Waals surface area contributed by atoms with E-state index >= 15 is 0 Å². The summed E-state index contributed by atoms with van der Waals surface area (Å²) in [7, 11) is 0. The van der Waals surface area contributed by atoms with Crippen molar-refractivity contribution in [1.29, 1.82) is 0 Å². The van der Waals surface area contributed by atoms with Crippen molar-refractivity contribution in [3.8, 4) is 0 Å². The Morgan fingerprint density at radius 1 is 0.384 bits per heavy atom. The summed E-state index contributed by atoms with van der Waals surface area (Å²) in [5, 5.41) is 23.2. The van der Waals surface area contributed by atoms with Crippen LogP contribution in [0.4, 0.5) is 0 Å². The number of nitrogens with one attached hydrogen (secondary N) is 1. The van der Waals surface area contributed by atoms with Crippen molar-refractivity contribution >= 4 is 11.9 Å². The molecule has 0 heterocycles. The zero-order valence-electron chi connectivity index (χ0n) is 49.1. The molecular weight excluding hydrogens is 899 g/mol. The molecule has 0 saturated heterocycles. The molecule has 0 rings (SSSR count). The van der Waals surface area contributed by atoms with Gasteiger partial charge in [-0.25, -0.2) is 0 Å². The summed E-state index contributed by atoms with van der Waals surface area (Å²) in [4.78, 5) is 24.5. The predicted molar refractivity (Wildman–Crippen MR) is 319 cm³/mol. The van der Waals surface area contributed by atoms with Crippen LogP contribution in [-0.2, 0) is 14.3 Å². The average molecular weight is 1030 g/mol. The maximum absolute atomic E-state index is 12.5. The first-order valence-corrected chi connectivity index (χ1v) is 32.8. The summed E-state index contributed by atoms with van der Waals surface area (Å²) in [6.07, 6.45) is 79.1. The predicted octanol–water partition coefficient (Wildman–Crippen LogP) is 20.8. The zero-order chi connectivity index (χ0) is 52.9. The topological polar surface area (TPSA) is 95.9 Å². The van der Waals surface area contributed by atoms with Gasteiger partial charge in [0.1, 0.15) is 0 Å². The molecule has 0 aliphatic rings. The van der Waals surface area contributed by atoms with E-state index in [0.29, 0.717) is 19.4 Å². The van der Waals surface area contributed by atoms with Crippen LogP contribution in [0.25, 0.3) is 0 Å². The van der Waals surface area contributed by atoms with Crippen LogP contribution in [0.3, 0.4) is 0 Å². The van der Waals surface area contributed by atoms with Gasteiger partial charge >= 0.3 is 5.97 Å². The van der Waals surface area contributed by atoms with Gasteiger partial charge in [0.25, 0.3) is 0 Å². The molecule has 2 atom stereocenters. The standard InChI is InChI=1S/C67H127NO5/c1-3-5-7-9-11-13-15-17-18-19-20-23-26-29-32-36-39-43-47-51-55-59-65(70)64(63-69)68-66(71)60-56-52-48-44-40-37-33-30-27-24-21-22-25-28-31-34-38-42-46-50-54-58-62-73-67(72)61-57-53-49-45-41-35-16-14-12-10-8-6-4-2/h8,10,14,16,55,59,64-65,69-70H,3-7,9,11-13,15,17-54,56-58,60-63H2,1-2H3,(H,68,71)/b10-8-,16-14-,59-55+. The Balaban J connectivity index is 3.42. The smallest absolute Gasteiger partial charge is 0.305 e. The number of unbranched alkanes of at least 4 members (excludes halogenated alkanes) is 46. The fourth-order valence-corrected chi connectivity index (χ4v) is 10.1. The molecule has 0 aliphatic carbocycles. The first-order valence-electron chi connectivity index (χ1n) is 32.8. The molecule has 0 fully saturated rings. The van der Waals surface area contributed by atoms with Gasteiger partial charge in [0, 0.05) is 12.8 Å². The lowest BCUT2D eigenvalue weighted by molar-refractivity contribution is -0.143. The van der Waals surface area contributed by atoms with Gasteiger partial charge < -0.3 is 20.3 Å². The maximum atomic E-state index is 12.5. The monoisotopic (exact) mass is 1030 g/mol. The number of amides is 1. The first-order chi connectivity index (χ1) is 36.0. The van der Waals surface area contributed by atoms with Crippen LogP contribution in [0.1, 0.15) is 354 Å². The summed E-state index contributed by atoms with van der Waals surface area (Å²) in [5.41, 5.74) is 0. The van der Waals surface area contributed by atoms with E-state index in [2.05, 4.69) is 43.5 Å². The normalized spacial score (nSPS) is 12.8. The van der Waals surface area contributed by atoms with Crippen LogP contribution < -0.4 is 5.32 Å². The lowest BCUT2D eigenvalue weighted by Crippen LogP contribution is -2.45. The Bertz CT molecular complexity index is 1180. The number of rotatable bonds is 61. The van der Waals surface area contributed by atoms with E-state index in [1.165, 1.54) is 276 Å². The van der Waals surface area contributed by atoms with Crippen LogP contribution >= 0.6 is 0 Å². The van der Waals surface area contributed by atoms with E-state index in [0.717, 1.165) is 51.4 Å².